The Kier molecular flexibility index (Phi) is 9.24. The molecular weight excluding hydrogens is 530 g/mol. The summed E-state index contributed by atoms with van der Waals surface area (Å²) in [6.45, 7) is 3.73. The number of hydrogen-bond donors (Lipinski definition) is 4. The minimum absolute atomic E-state index is 0.208. The van der Waals surface area contributed by atoms with Gasteiger partial charge < -0.3 is 35.4 Å². The summed E-state index contributed by atoms with van der Waals surface area (Å²) in [6, 6.07) is 7.97. The van der Waals surface area contributed by atoms with Gasteiger partial charge in [0.25, 0.3) is 5.91 Å². The second kappa shape index (κ2) is 12.6. The number of hydrogen-bond acceptors (Lipinski definition) is 8. The van der Waals surface area contributed by atoms with Crippen molar-refractivity contribution in [1.29, 1.82) is 0 Å². The summed E-state index contributed by atoms with van der Waals surface area (Å²) in [5, 5.41) is 27.1. The first-order valence-electron chi connectivity index (χ1n) is 13.6. The number of nitrogens with zero attached hydrogens (tertiary/aromatic N) is 3. The number of likely N-dealkylation sites (N-methyl/N-ethyl adjacent to an activating group) is 2. The predicted molar refractivity (Wildman–Crippen MR) is 148 cm³/mol. The number of carbonyl (C=O) groups excluding carboxylic acids is 4. The van der Waals surface area contributed by atoms with Gasteiger partial charge >= 0.3 is 0 Å². The lowest BCUT2D eigenvalue weighted by Crippen LogP contribution is -2.65. The quantitative estimate of drug-likeness (QED) is 0.391. The van der Waals surface area contributed by atoms with Gasteiger partial charge in [0.2, 0.25) is 17.7 Å². The molecule has 4 amide bonds. The van der Waals surface area contributed by atoms with Gasteiger partial charge in [-0.25, -0.2) is 4.98 Å². The molecule has 4 N–H and O–H groups in total. The third-order valence-electron chi connectivity index (χ3n) is 8.08. The van der Waals surface area contributed by atoms with Crippen LogP contribution in [0.3, 0.4) is 0 Å². The molecule has 2 fully saturated rings. The van der Waals surface area contributed by atoms with Crippen LogP contribution in [0.25, 0.3) is 0 Å². The number of aliphatic hydroxyl groups excluding tert-OH is 1. The Morgan fingerprint density at radius 2 is 1.73 bits per heavy atom. The van der Waals surface area contributed by atoms with E-state index in [1.165, 1.54) is 42.2 Å². The molecule has 0 aliphatic carbocycles. The van der Waals surface area contributed by atoms with Gasteiger partial charge in [0.15, 0.2) is 5.69 Å². The second-order valence-electron chi connectivity index (χ2n) is 10.8. The Labute approximate surface area is 238 Å². The van der Waals surface area contributed by atoms with Crippen molar-refractivity contribution in [3.8, 4) is 5.75 Å². The van der Waals surface area contributed by atoms with Crippen LogP contribution in [0, 0.1) is 11.8 Å². The number of ether oxygens (including phenoxy) is 1. The van der Waals surface area contributed by atoms with E-state index in [0.717, 1.165) is 5.56 Å². The number of pyridine rings is 1. The van der Waals surface area contributed by atoms with E-state index in [4.69, 9.17) is 4.74 Å². The van der Waals surface area contributed by atoms with Gasteiger partial charge in [-0.3, -0.25) is 19.2 Å². The highest BCUT2D eigenvalue weighted by Crippen LogP contribution is 2.26. The molecule has 0 saturated carbocycles. The second-order valence-corrected chi connectivity index (χ2v) is 10.8. The zero-order chi connectivity index (χ0) is 29.8. The van der Waals surface area contributed by atoms with Crippen LogP contribution < -0.4 is 10.6 Å². The summed E-state index contributed by atoms with van der Waals surface area (Å²) < 4.78 is 5.33. The molecule has 3 heterocycles. The number of benzene rings is 1. The maximum absolute atomic E-state index is 13.9. The maximum Gasteiger partial charge on any atom is 0.274 e. The molecule has 6 atom stereocenters. The fraction of sp³-hybridized carbons (Fsp3) is 0.483. The smallest absolute Gasteiger partial charge is 0.274 e. The van der Waals surface area contributed by atoms with Crippen LogP contribution in [0.15, 0.2) is 48.7 Å². The number of rotatable bonds is 5. The van der Waals surface area contributed by atoms with Gasteiger partial charge in [0.1, 0.15) is 17.8 Å². The third kappa shape index (κ3) is 6.33. The van der Waals surface area contributed by atoms with E-state index in [1.54, 1.807) is 13.8 Å². The number of amides is 4. The molecule has 0 bridgehead atoms. The average molecular weight is 568 g/mol. The van der Waals surface area contributed by atoms with Crippen LogP contribution in [-0.2, 0) is 25.5 Å². The summed E-state index contributed by atoms with van der Waals surface area (Å²) in [6.07, 6.45) is 0.228. The van der Waals surface area contributed by atoms with E-state index in [1.807, 2.05) is 30.3 Å². The molecular formula is C29H37N5O7. The van der Waals surface area contributed by atoms with Crippen LogP contribution in [0.5, 0.6) is 5.75 Å². The largest absolute Gasteiger partial charge is 0.505 e. The first-order chi connectivity index (χ1) is 19.5. The lowest BCUT2D eigenvalue weighted by Gasteiger charge is -2.44. The van der Waals surface area contributed by atoms with Gasteiger partial charge in [0, 0.05) is 26.2 Å². The van der Waals surface area contributed by atoms with Gasteiger partial charge in [-0.1, -0.05) is 37.3 Å². The van der Waals surface area contributed by atoms with Crippen LogP contribution in [0.4, 0.5) is 0 Å². The standard InChI is InChI=1S/C29H37N5O7/c1-16-25(36)20(13-18-9-6-5-7-10-18)31-26(37)22(32-27(38)23-21(35)11-8-12-30-23)17(2)33(3)29(40)24(19-14-41-15-19)34(4)28(16)39/h5-12,16-17,19-20,22,24-25,35-36H,13-15H2,1-4H3,(H,31,37)(H,32,38)/t16-,17-,20+,22+,24?,25+/m1/s1. The SMILES string of the molecule is C[C@@H]1[C@H](NC(=O)c2ncccc2O)C(=O)N[C@@H](Cc2ccccc2)[C@@H](O)[C@@H](C)C(=O)N(C)C(C2COC2)C(=O)N1C. The molecule has 0 radical (unpaired) electrons. The maximum atomic E-state index is 13.9. The van der Waals surface area contributed by atoms with E-state index < -0.39 is 59.8 Å². The molecule has 2 aliphatic heterocycles. The van der Waals surface area contributed by atoms with Crippen molar-refractivity contribution in [3.63, 3.8) is 0 Å². The minimum Gasteiger partial charge on any atom is -0.505 e. The lowest BCUT2D eigenvalue weighted by atomic mass is 9.88. The van der Waals surface area contributed by atoms with Gasteiger partial charge in [-0.2, -0.15) is 0 Å². The molecule has 12 heteroatoms. The predicted octanol–water partition coefficient (Wildman–Crippen LogP) is -0.0560. The highest BCUT2D eigenvalue weighted by molar-refractivity contribution is 5.98. The normalized spacial score (nSPS) is 28.3. The Morgan fingerprint density at radius 1 is 1.05 bits per heavy atom. The summed E-state index contributed by atoms with van der Waals surface area (Å²) in [5.74, 6) is -3.96. The van der Waals surface area contributed by atoms with E-state index >= 15 is 0 Å². The molecule has 4 rings (SSSR count). The summed E-state index contributed by atoms with van der Waals surface area (Å²) in [5.41, 5.74) is 0.540. The minimum atomic E-state index is -1.31. The molecule has 12 nitrogen and oxygen atoms in total. The Bertz CT molecular complexity index is 1270. The third-order valence-corrected chi connectivity index (χ3v) is 8.08. The number of aliphatic hydroxyl groups is 1. The van der Waals surface area contributed by atoms with Crippen molar-refractivity contribution in [2.75, 3.05) is 27.3 Å². The first-order valence-corrected chi connectivity index (χ1v) is 13.6. The molecule has 1 aromatic heterocycles. The molecule has 2 aromatic rings. The molecule has 220 valence electrons. The molecule has 1 aromatic carbocycles. The fourth-order valence-electron chi connectivity index (χ4n) is 5.29. The first kappa shape index (κ1) is 29.9. The zero-order valence-corrected chi connectivity index (χ0v) is 23.6. The zero-order valence-electron chi connectivity index (χ0n) is 23.6. The van der Waals surface area contributed by atoms with E-state index in [-0.39, 0.29) is 37.0 Å². The summed E-state index contributed by atoms with van der Waals surface area (Å²) >= 11 is 0. The van der Waals surface area contributed by atoms with Gasteiger partial charge in [-0.15, -0.1) is 0 Å². The molecule has 0 spiro atoms. The van der Waals surface area contributed by atoms with Crippen molar-refractivity contribution in [2.45, 2.75) is 50.5 Å². The molecule has 41 heavy (non-hydrogen) atoms. The van der Waals surface area contributed by atoms with Crippen molar-refractivity contribution < 1.29 is 34.1 Å². The van der Waals surface area contributed by atoms with Gasteiger partial charge in [-0.05, 0) is 31.0 Å². The monoisotopic (exact) mass is 567 g/mol. The van der Waals surface area contributed by atoms with E-state index in [0.29, 0.717) is 0 Å². The van der Waals surface area contributed by atoms with Crippen molar-refractivity contribution in [1.82, 2.24) is 25.4 Å². The molecule has 2 aliphatic rings. The Morgan fingerprint density at radius 3 is 2.34 bits per heavy atom. The van der Waals surface area contributed by atoms with Crippen LogP contribution in [0.1, 0.15) is 29.9 Å². The van der Waals surface area contributed by atoms with Crippen LogP contribution in [0.2, 0.25) is 0 Å². The molecule has 1 unspecified atom stereocenters. The summed E-state index contributed by atoms with van der Waals surface area (Å²) in [4.78, 5) is 61.1. The number of nitrogens with one attached hydrogen (secondary N) is 2. The van der Waals surface area contributed by atoms with E-state index in [9.17, 15) is 29.4 Å². The number of carbonyl (C=O) groups is 4. The molecule has 2 saturated heterocycles. The lowest BCUT2D eigenvalue weighted by molar-refractivity contribution is -0.161. The highest BCUT2D eigenvalue weighted by atomic mass is 16.5. The Balaban J connectivity index is 1.74. The fourth-order valence-corrected chi connectivity index (χ4v) is 5.29. The number of aromatic nitrogens is 1. The van der Waals surface area contributed by atoms with Crippen molar-refractivity contribution >= 4 is 23.6 Å². The van der Waals surface area contributed by atoms with E-state index in [2.05, 4.69) is 15.6 Å². The topological polar surface area (TPSA) is 161 Å². The van der Waals surface area contributed by atoms with Crippen molar-refractivity contribution in [2.24, 2.45) is 11.8 Å². The van der Waals surface area contributed by atoms with Gasteiger partial charge in [0.05, 0.1) is 37.3 Å². The van der Waals surface area contributed by atoms with Crippen LogP contribution in [-0.4, -0.2) is 106 Å². The summed E-state index contributed by atoms with van der Waals surface area (Å²) in [7, 11) is 3.04. The van der Waals surface area contributed by atoms with Crippen LogP contribution >= 0.6 is 0 Å². The highest BCUT2D eigenvalue weighted by Gasteiger charge is 2.46. The van der Waals surface area contributed by atoms with Crippen molar-refractivity contribution in [3.05, 3.63) is 59.9 Å². The average Bonchev–Trinajstić information content (AvgIpc) is 2.94. The number of aromatic hydroxyl groups is 1. The Hall–Kier alpha value is -4.03.